The number of carbonyl (C=O) groups is 1. The lowest BCUT2D eigenvalue weighted by molar-refractivity contribution is -0.140. The summed E-state index contributed by atoms with van der Waals surface area (Å²) < 4.78 is 4.72. The summed E-state index contributed by atoms with van der Waals surface area (Å²) in [5.41, 5.74) is 0. The minimum atomic E-state index is -0.331. The molecule has 1 rings (SSSR count). The summed E-state index contributed by atoms with van der Waals surface area (Å²) in [4.78, 5) is 18.5. The molecule has 0 aliphatic carbocycles. The number of carbonyl (C=O) groups excluding carboxylic acids is 1. The molecule has 76 valence electrons. The van der Waals surface area contributed by atoms with E-state index in [4.69, 9.17) is 16.3 Å². The van der Waals surface area contributed by atoms with E-state index in [-0.39, 0.29) is 17.8 Å². The van der Waals surface area contributed by atoms with E-state index in [0.717, 1.165) is 0 Å². The second kappa shape index (κ2) is 5.39. The molecule has 1 aromatic rings. The normalized spacial score (nSPS) is 9.57. The zero-order valence-corrected chi connectivity index (χ0v) is 8.41. The smallest absolute Gasteiger partial charge is 0.325 e. The van der Waals surface area contributed by atoms with Gasteiger partial charge in [0.25, 0.3) is 0 Å². The first-order valence-electron chi connectivity index (χ1n) is 4.10. The fourth-order valence-electron chi connectivity index (χ4n) is 0.808. The molecule has 0 atom stereocenters. The van der Waals surface area contributed by atoms with Gasteiger partial charge in [0.1, 0.15) is 12.4 Å². The molecule has 0 amide bonds. The van der Waals surface area contributed by atoms with Crippen LogP contribution in [-0.2, 0) is 9.53 Å². The van der Waals surface area contributed by atoms with Crippen LogP contribution in [0.2, 0.25) is 5.28 Å². The number of hydrogen-bond donors (Lipinski definition) is 1. The van der Waals surface area contributed by atoms with Crippen molar-refractivity contribution < 1.29 is 9.53 Å². The number of nitrogens with zero attached hydrogens (tertiary/aromatic N) is 2. The number of aromatic nitrogens is 2. The summed E-state index contributed by atoms with van der Waals surface area (Å²) in [5.74, 6) is 0.167. The van der Waals surface area contributed by atoms with Crippen LogP contribution in [0.4, 0.5) is 5.82 Å². The maximum atomic E-state index is 10.9. The molecule has 0 aromatic carbocycles. The molecular formula is C8H10ClN3O2. The van der Waals surface area contributed by atoms with Crippen LogP contribution in [0.3, 0.4) is 0 Å². The summed E-state index contributed by atoms with van der Waals surface area (Å²) in [6.45, 7) is 2.19. The lowest BCUT2D eigenvalue weighted by atomic mass is 10.5. The number of hydrogen-bond acceptors (Lipinski definition) is 5. The maximum absolute atomic E-state index is 10.9. The topological polar surface area (TPSA) is 64.1 Å². The van der Waals surface area contributed by atoms with Crippen molar-refractivity contribution in [2.75, 3.05) is 18.5 Å². The molecule has 0 saturated heterocycles. The number of rotatable bonds is 4. The van der Waals surface area contributed by atoms with E-state index in [9.17, 15) is 4.79 Å². The molecule has 0 radical (unpaired) electrons. The summed E-state index contributed by atoms with van der Waals surface area (Å²) in [5, 5.41) is 2.90. The van der Waals surface area contributed by atoms with E-state index in [1.54, 1.807) is 13.0 Å². The van der Waals surface area contributed by atoms with Crippen molar-refractivity contribution >= 4 is 23.4 Å². The lowest BCUT2D eigenvalue weighted by Gasteiger charge is -2.04. The Morgan fingerprint density at radius 1 is 1.71 bits per heavy atom. The van der Waals surface area contributed by atoms with Gasteiger partial charge in [-0.15, -0.1) is 0 Å². The average molecular weight is 216 g/mol. The van der Waals surface area contributed by atoms with E-state index in [1.807, 2.05) is 0 Å². The molecule has 1 aromatic heterocycles. The standard InChI is InChI=1S/C8H10ClN3O2/c1-2-14-7(13)5-11-6-3-4-10-8(9)12-6/h3-4H,2,5H2,1H3,(H,10,11,12). The van der Waals surface area contributed by atoms with Crippen LogP contribution in [-0.4, -0.2) is 29.1 Å². The largest absolute Gasteiger partial charge is 0.465 e. The van der Waals surface area contributed by atoms with Gasteiger partial charge in [-0.05, 0) is 24.6 Å². The first-order chi connectivity index (χ1) is 6.72. The quantitative estimate of drug-likeness (QED) is 0.602. The Morgan fingerprint density at radius 3 is 3.14 bits per heavy atom. The van der Waals surface area contributed by atoms with Crippen molar-refractivity contribution in [3.05, 3.63) is 17.5 Å². The van der Waals surface area contributed by atoms with Crippen LogP contribution < -0.4 is 5.32 Å². The van der Waals surface area contributed by atoms with E-state index in [2.05, 4.69) is 15.3 Å². The van der Waals surface area contributed by atoms with Crippen LogP contribution in [0.5, 0.6) is 0 Å². The first-order valence-corrected chi connectivity index (χ1v) is 4.48. The highest BCUT2D eigenvalue weighted by atomic mass is 35.5. The summed E-state index contributed by atoms with van der Waals surface area (Å²) in [6, 6.07) is 1.62. The third kappa shape index (κ3) is 3.57. The predicted molar refractivity (Wildman–Crippen MR) is 52.2 cm³/mol. The Morgan fingerprint density at radius 2 is 2.50 bits per heavy atom. The molecule has 0 aliphatic rings. The van der Waals surface area contributed by atoms with Gasteiger partial charge >= 0.3 is 5.97 Å². The molecule has 0 unspecified atom stereocenters. The molecule has 0 saturated carbocycles. The molecular weight excluding hydrogens is 206 g/mol. The van der Waals surface area contributed by atoms with E-state index in [1.165, 1.54) is 6.20 Å². The van der Waals surface area contributed by atoms with E-state index in [0.29, 0.717) is 12.4 Å². The minimum absolute atomic E-state index is 0.0706. The maximum Gasteiger partial charge on any atom is 0.325 e. The fraction of sp³-hybridized carbons (Fsp3) is 0.375. The fourth-order valence-corrected chi connectivity index (χ4v) is 0.956. The van der Waals surface area contributed by atoms with Crippen molar-refractivity contribution in [2.24, 2.45) is 0 Å². The van der Waals surface area contributed by atoms with Crippen molar-refractivity contribution in [1.29, 1.82) is 0 Å². The molecule has 1 N–H and O–H groups in total. The van der Waals surface area contributed by atoms with E-state index < -0.39 is 0 Å². The van der Waals surface area contributed by atoms with Crippen LogP contribution in [0.1, 0.15) is 6.92 Å². The van der Waals surface area contributed by atoms with Crippen molar-refractivity contribution in [3.63, 3.8) is 0 Å². The van der Waals surface area contributed by atoms with Gasteiger partial charge in [0, 0.05) is 6.20 Å². The highest BCUT2D eigenvalue weighted by Crippen LogP contribution is 2.04. The Balaban J connectivity index is 2.41. The summed E-state index contributed by atoms with van der Waals surface area (Å²) >= 11 is 5.54. The number of nitrogens with one attached hydrogen (secondary N) is 1. The first kappa shape index (κ1) is 10.7. The number of anilines is 1. The van der Waals surface area contributed by atoms with Gasteiger partial charge in [-0.3, -0.25) is 4.79 Å². The monoisotopic (exact) mass is 215 g/mol. The Bertz CT molecular complexity index is 319. The second-order valence-electron chi connectivity index (χ2n) is 2.37. The van der Waals surface area contributed by atoms with Crippen LogP contribution in [0.25, 0.3) is 0 Å². The lowest BCUT2D eigenvalue weighted by Crippen LogP contribution is -2.17. The molecule has 5 nitrogen and oxygen atoms in total. The third-order valence-electron chi connectivity index (χ3n) is 1.35. The molecule has 6 heteroatoms. The Labute approximate surface area is 86.5 Å². The molecule has 0 bridgehead atoms. The second-order valence-corrected chi connectivity index (χ2v) is 2.71. The minimum Gasteiger partial charge on any atom is -0.465 e. The highest BCUT2D eigenvalue weighted by molar-refractivity contribution is 6.28. The highest BCUT2D eigenvalue weighted by Gasteiger charge is 2.01. The number of ether oxygens (including phenoxy) is 1. The average Bonchev–Trinajstić information content (AvgIpc) is 2.15. The molecule has 1 heterocycles. The summed E-state index contributed by atoms with van der Waals surface area (Å²) in [6.07, 6.45) is 1.50. The zero-order chi connectivity index (χ0) is 10.4. The summed E-state index contributed by atoms with van der Waals surface area (Å²) in [7, 11) is 0. The van der Waals surface area contributed by atoms with Gasteiger partial charge in [-0.2, -0.15) is 0 Å². The van der Waals surface area contributed by atoms with Crippen molar-refractivity contribution in [3.8, 4) is 0 Å². The van der Waals surface area contributed by atoms with Gasteiger partial charge in [0.05, 0.1) is 6.61 Å². The SMILES string of the molecule is CCOC(=O)CNc1ccnc(Cl)n1. The Hall–Kier alpha value is -1.36. The number of halogens is 1. The van der Waals surface area contributed by atoms with Gasteiger partial charge in [0.2, 0.25) is 5.28 Å². The van der Waals surface area contributed by atoms with Crippen LogP contribution in [0.15, 0.2) is 12.3 Å². The predicted octanol–water partition coefficient (Wildman–Crippen LogP) is 1.10. The molecule has 0 spiro atoms. The zero-order valence-electron chi connectivity index (χ0n) is 7.66. The van der Waals surface area contributed by atoms with Gasteiger partial charge in [-0.1, -0.05) is 0 Å². The van der Waals surface area contributed by atoms with E-state index >= 15 is 0 Å². The van der Waals surface area contributed by atoms with Crippen molar-refractivity contribution in [2.45, 2.75) is 6.92 Å². The number of esters is 1. The van der Waals surface area contributed by atoms with Gasteiger partial charge in [-0.25, -0.2) is 9.97 Å². The van der Waals surface area contributed by atoms with Gasteiger partial charge < -0.3 is 10.1 Å². The van der Waals surface area contributed by atoms with Gasteiger partial charge in [0.15, 0.2) is 0 Å². The van der Waals surface area contributed by atoms with Crippen LogP contribution >= 0.6 is 11.6 Å². The molecule has 0 fully saturated rings. The third-order valence-corrected chi connectivity index (χ3v) is 1.53. The Kier molecular flexibility index (Phi) is 4.12. The van der Waals surface area contributed by atoms with Crippen molar-refractivity contribution in [1.82, 2.24) is 9.97 Å². The van der Waals surface area contributed by atoms with Crippen LogP contribution in [0, 0.1) is 0 Å². The molecule has 14 heavy (non-hydrogen) atoms. The molecule has 0 aliphatic heterocycles.